The molecule has 20 heavy (non-hydrogen) atoms. The van der Waals surface area contributed by atoms with Gasteiger partial charge in [-0.2, -0.15) is 13.2 Å². The van der Waals surface area contributed by atoms with Crippen molar-refractivity contribution in [3.05, 3.63) is 0 Å². The van der Waals surface area contributed by atoms with Gasteiger partial charge >= 0.3 is 12.3 Å². The van der Waals surface area contributed by atoms with Crippen LogP contribution in [-0.4, -0.2) is 41.9 Å². The predicted molar refractivity (Wildman–Crippen MR) is 69.2 cm³/mol. The van der Waals surface area contributed by atoms with E-state index in [2.05, 4.69) is 0 Å². The number of halogens is 3. The topological polar surface area (TPSA) is 55.6 Å². The Morgan fingerprint density at radius 1 is 1.40 bits per heavy atom. The Labute approximate surface area is 117 Å². The summed E-state index contributed by atoms with van der Waals surface area (Å²) in [6.45, 7) is 6.17. The SMILES string of the molecule is CC(C)(C)OC(=O)N1CCC(C(N)CCC(F)(F)F)C1. The highest BCUT2D eigenvalue weighted by molar-refractivity contribution is 5.68. The van der Waals surface area contributed by atoms with Crippen molar-refractivity contribution in [3.63, 3.8) is 0 Å². The van der Waals surface area contributed by atoms with Gasteiger partial charge < -0.3 is 15.4 Å². The summed E-state index contributed by atoms with van der Waals surface area (Å²) in [4.78, 5) is 13.3. The van der Waals surface area contributed by atoms with Gasteiger partial charge in [0.15, 0.2) is 0 Å². The van der Waals surface area contributed by atoms with E-state index in [0.717, 1.165) is 0 Å². The summed E-state index contributed by atoms with van der Waals surface area (Å²) < 4.78 is 41.7. The summed E-state index contributed by atoms with van der Waals surface area (Å²) in [7, 11) is 0. The number of amides is 1. The molecule has 1 fully saturated rings. The number of nitrogens with zero attached hydrogens (tertiary/aromatic N) is 1. The van der Waals surface area contributed by atoms with Gasteiger partial charge in [0.05, 0.1) is 0 Å². The molecule has 1 amide bonds. The van der Waals surface area contributed by atoms with E-state index < -0.39 is 30.3 Å². The van der Waals surface area contributed by atoms with Crippen molar-refractivity contribution in [2.75, 3.05) is 13.1 Å². The number of hydrogen-bond acceptors (Lipinski definition) is 3. The first-order valence-corrected chi connectivity index (χ1v) is 6.78. The first-order chi connectivity index (χ1) is 8.98. The summed E-state index contributed by atoms with van der Waals surface area (Å²) in [5, 5.41) is 0. The quantitative estimate of drug-likeness (QED) is 0.871. The largest absolute Gasteiger partial charge is 0.444 e. The van der Waals surface area contributed by atoms with Crippen LogP contribution in [0.4, 0.5) is 18.0 Å². The van der Waals surface area contributed by atoms with Gasteiger partial charge in [-0.1, -0.05) is 0 Å². The first kappa shape index (κ1) is 17.1. The van der Waals surface area contributed by atoms with Crippen LogP contribution in [0.2, 0.25) is 0 Å². The molecule has 1 saturated heterocycles. The lowest BCUT2D eigenvalue weighted by molar-refractivity contribution is -0.136. The maximum absolute atomic E-state index is 12.2. The van der Waals surface area contributed by atoms with E-state index in [1.807, 2.05) is 0 Å². The average Bonchev–Trinajstić information content (AvgIpc) is 2.71. The minimum absolute atomic E-state index is 0.0927. The second-order valence-electron chi connectivity index (χ2n) is 6.29. The van der Waals surface area contributed by atoms with Crippen LogP contribution in [0.3, 0.4) is 0 Å². The molecule has 2 atom stereocenters. The van der Waals surface area contributed by atoms with E-state index in [-0.39, 0.29) is 12.3 Å². The van der Waals surface area contributed by atoms with E-state index in [9.17, 15) is 18.0 Å². The van der Waals surface area contributed by atoms with Gasteiger partial charge in [-0.15, -0.1) is 0 Å². The van der Waals surface area contributed by atoms with Crippen LogP contribution in [0.1, 0.15) is 40.0 Å². The summed E-state index contributed by atoms with van der Waals surface area (Å²) in [6, 6.07) is -0.538. The number of alkyl halides is 3. The van der Waals surface area contributed by atoms with Crippen LogP contribution in [-0.2, 0) is 4.74 Å². The minimum Gasteiger partial charge on any atom is -0.444 e. The number of nitrogens with two attached hydrogens (primary N) is 1. The standard InChI is InChI=1S/C13H23F3N2O2/c1-12(2,3)20-11(19)18-7-5-9(8-18)10(17)4-6-13(14,15)16/h9-10H,4-8,17H2,1-3H3. The van der Waals surface area contributed by atoms with Gasteiger partial charge in [0, 0.05) is 25.6 Å². The molecule has 0 aromatic heterocycles. The van der Waals surface area contributed by atoms with E-state index >= 15 is 0 Å². The van der Waals surface area contributed by atoms with Crippen LogP contribution in [0.15, 0.2) is 0 Å². The van der Waals surface area contributed by atoms with Gasteiger partial charge in [-0.05, 0) is 39.5 Å². The van der Waals surface area contributed by atoms with E-state index in [0.29, 0.717) is 19.5 Å². The molecule has 0 bridgehead atoms. The molecule has 0 spiro atoms. The Balaban J connectivity index is 2.41. The monoisotopic (exact) mass is 296 g/mol. The molecule has 0 radical (unpaired) electrons. The molecule has 1 aliphatic rings. The van der Waals surface area contributed by atoms with Crippen molar-refractivity contribution in [2.45, 2.75) is 57.9 Å². The Hall–Kier alpha value is -0.980. The van der Waals surface area contributed by atoms with Crippen molar-refractivity contribution in [1.82, 2.24) is 4.90 Å². The summed E-state index contributed by atoms with van der Waals surface area (Å²) >= 11 is 0. The van der Waals surface area contributed by atoms with Gasteiger partial charge in [0.25, 0.3) is 0 Å². The molecule has 7 heteroatoms. The van der Waals surface area contributed by atoms with Crippen molar-refractivity contribution >= 4 is 6.09 Å². The fourth-order valence-corrected chi connectivity index (χ4v) is 2.20. The molecule has 0 aromatic carbocycles. The molecule has 4 nitrogen and oxygen atoms in total. The summed E-state index contributed by atoms with van der Waals surface area (Å²) in [6.07, 6.45) is -4.96. The highest BCUT2D eigenvalue weighted by Crippen LogP contribution is 2.27. The number of hydrogen-bond donors (Lipinski definition) is 1. The van der Waals surface area contributed by atoms with E-state index in [4.69, 9.17) is 10.5 Å². The van der Waals surface area contributed by atoms with Crippen molar-refractivity contribution in [2.24, 2.45) is 11.7 Å². The van der Waals surface area contributed by atoms with Crippen LogP contribution in [0.5, 0.6) is 0 Å². The maximum Gasteiger partial charge on any atom is 0.410 e. The Morgan fingerprint density at radius 3 is 2.50 bits per heavy atom. The van der Waals surface area contributed by atoms with Gasteiger partial charge in [-0.25, -0.2) is 4.79 Å². The van der Waals surface area contributed by atoms with Crippen LogP contribution in [0, 0.1) is 5.92 Å². The fourth-order valence-electron chi connectivity index (χ4n) is 2.20. The fraction of sp³-hybridized carbons (Fsp3) is 0.923. The number of rotatable bonds is 3. The number of ether oxygens (including phenoxy) is 1. The summed E-state index contributed by atoms with van der Waals surface area (Å²) in [5.74, 6) is -0.0927. The van der Waals surface area contributed by atoms with Gasteiger partial charge in [0.2, 0.25) is 0 Å². The second-order valence-corrected chi connectivity index (χ2v) is 6.29. The lowest BCUT2D eigenvalue weighted by atomic mass is 9.96. The molecule has 0 aromatic rings. The van der Waals surface area contributed by atoms with Gasteiger partial charge in [-0.3, -0.25) is 0 Å². The minimum atomic E-state index is -4.18. The molecule has 2 unspecified atom stereocenters. The number of carbonyl (C=O) groups is 1. The molecule has 1 aliphatic heterocycles. The lowest BCUT2D eigenvalue weighted by Crippen LogP contribution is -2.38. The molecule has 1 rings (SSSR count). The predicted octanol–water partition coefficient (Wildman–Crippen LogP) is 2.91. The third-order valence-corrected chi connectivity index (χ3v) is 3.24. The Kier molecular flexibility index (Phi) is 5.29. The number of carbonyl (C=O) groups excluding carboxylic acids is 1. The summed E-state index contributed by atoms with van der Waals surface area (Å²) in [5.41, 5.74) is 5.22. The smallest absolute Gasteiger partial charge is 0.410 e. The Bertz CT molecular complexity index is 339. The molecule has 0 aliphatic carbocycles. The maximum atomic E-state index is 12.2. The first-order valence-electron chi connectivity index (χ1n) is 6.78. The molecular weight excluding hydrogens is 273 g/mol. The third kappa shape index (κ3) is 5.98. The zero-order chi connectivity index (χ0) is 15.6. The third-order valence-electron chi connectivity index (χ3n) is 3.24. The van der Waals surface area contributed by atoms with Crippen LogP contribution >= 0.6 is 0 Å². The van der Waals surface area contributed by atoms with E-state index in [1.54, 1.807) is 20.8 Å². The van der Waals surface area contributed by atoms with Crippen LogP contribution in [0.25, 0.3) is 0 Å². The zero-order valence-corrected chi connectivity index (χ0v) is 12.2. The molecule has 0 saturated carbocycles. The van der Waals surface area contributed by atoms with Gasteiger partial charge in [0.1, 0.15) is 5.60 Å². The molecule has 2 N–H and O–H groups in total. The van der Waals surface area contributed by atoms with Crippen molar-refractivity contribution in [1.29, 1.82) is 0 Å². The van der Waals surface area contributed by atoms with Crippen molar-refractivity contribution < 1.29 is 22.7 Å². The van der Waals surface area contributed by atoms with Crippen LogP contribution < -0.4 is 5.73 Å². The zero-order valence-electron chi connectivity index (χ0n) is 12.2. The highest BCUT2D eigenvalue weighted by atomic mass is 19.4. The molecule has 118 valence electrons. The molecular formula is C13H23F3N2O2. The second kappa shape index (κ2) is 6.20. The lowest BCUT2D eigenvalue weighted by Gasteiger charge is -2.25. The van der Waals surface area contributed by atoms with Crippen molar-refractivity contribution in [3.8, 4) is 0 Å². The average molecular weight is 296 g/mol. The molecule has 1 heterocycles. The Morgan fingerprint density at radius 2 is 2.00 bits per heavy atom. The number of likely N-dealkylation sites (tertiary alicyclic amines) is 1. The van der Waals surface area contributed by atoms with E-state index in [1.165, 1.54) is 4.90 Å². The normalized spacial score (nSPS) is 21.9. The highest BCUT2D eigenvalue weighted by Gasteiger charge is 2.35.